The van der Waals surface area contributed by atoms with Crippen molar-refractivity contribution in [3.63, 3.8) is 0 Å². The van der Waals surface area contributed by atoms with E-state index >= 15 is 0 Å². The zero-order valence-electron chi connectivity index (χ0n) is 13.1. The molecule has 1 saturated heterocycles. The van der Waals surface area contributed by atoms with Gasteiger partial charge in [0.1, 0.15) is 29.3 Å². The molecular weight excluding hydrogens is 321 g/mol. The molecular formula is C16H17ClFN3O2. The Kier molecular flexibility index (Phi) is 3.27. The second-order valence-corrected chi connectivity index (χ2v) is 6.71. The molecule has 0 amide bonds. The Morgan fingerprint density at radius 1 is 1.35 bits per heavy atom. The predicted octanol–water partition coefficient (Wildman–Crippen LogP) is 3.64. The maximum absolute atomic E-state index is 14.3. The smallest absolute Gasteiger partial charge is 0.164 e. The normalized spacial score (nSPS) is 29.1. The van der Waals surface area contributed by atoms with Crippen molar-refractivity contribution in [1.29, 1.82) is 0 Å². The van der Waals surface area contributed by atoms with Crippen LogP contribution in [-0.2, 0) is 9.47 Å². The standard InChI is InChI=1S/C16H17ClFN3O2/c1-4-8-5-10(13-12(8)22-16(2,3)23-13)21-6-9(18)11-14(17)19-7-20-15(11)21/h5-7,10,12-13H,4H2,1-3H3/t10-,12-,13+/m1/s1. The van der Waals surface area contributed by atoms with Crippen molar-refractivity contribution in [1.82, 2.24) is 14.5 Å². The van der Waals surface area contributed by atoms with Crippen LogP contribution in [0.25, 0.3) is 11.0 Å². The maximum Gasteiger partial charge on any atom is 0.164 e. The maximum atomic E-state index is 14.3. The third kappa shape index (κ3) is 2.20. The molecule has 4 rings (SSSR count). The summed E-state index contributed by atoms with van der Waals surface area (Å²) < 4.78 is 28.2. The van der Waals surface area contributed by atoms with Crippen molar-refractivity contribution >= 4 is 22.6 Å². The quantitative estimate of drug-likeness (QED) is 0.620. The topological polar surface area (TPSA) is 49.2 Å². The molecule has 1 aliphatic carbocycles. The molecule has 3 heterocycles. The summed E-state index contributed by atoms with van der Waals surface area (Å²) >= 11 is 6.02. The van der Waals surface area contributed by atoms with Gasteiger partial charge in [0.25, 0.3) is 0 Å². The Morgan fingerprint density at radius 2 is 2.13 bits per heavy atom. The molecule has 0 radical (unpaired) electrons. The van der Waals surface area contributed by atoms with Gasteiger partial charge in [0.05, 0.1) is 11.4 Å². The summed E-state index contributed by atoms with van der Waals surface area (Å²) in [5, 5.41) is 0.353. The van der Waals surface area contributed by atoms with Crippen molar-refractivity contribution < 1.29 is 13.9 Å². The van der Waals surface area contributed by atoms with Gasteiger partial charge in [-0.25, -0.2) is 14.4 Å². The van der Waals surface area contributed by atoms with Gasteiger partial charge in [0.15, 0.2) is 11.6 Å². The molecule has 0 unspecified atom stereocenters. The van der Waals surface area contributed by atoms with Gasteiger partial charge in [-0.05, 0) is 25.8 Å². The van der Waals surface area contributed by atoms with E-state index in [0.29, 0.717) is 5.65 Å². The van der Waals surface area contributed by atoms with E-state index in [-0.39, 0.29) is 28.8 Å². The summed E-state index contributed by atoms with van der Waals surface area (Å²) in [6, 6.07) is -0.185. The van der Waals surface area contributed by atoms with Crippen LogP contribution in [0, 0.1) is 5.82 Å². The third-order valence-corrected chi connectivity index (χ3v) is 4.75. The largest absolute Gasteiger partial charge is 0.342 e. The van der Waals surface area contributed by atoms with Gasteiger partial charge in [0.2, 0.25) is 0 Å². The fraction of sp³-hybridized carbons (Fsp3) is 0.500. The van der Waals surface area contributed by atoms with E-state index in [1.165, 1.54) is 12.5 Å². The number of fused-ring (bicyclic) bond motifs is 2. The Hall–Kier alpha value is -1.50. The molecule has 5 nitrogen and oxygen atoms in total. The summed E-state index contributed by atoms with van der Waals surface area (Å²) in [5.41, 5.74) is 1.63. The second kappa shape index (κ2) is 5.00. The lowest BCUT2D eigenvalue weighted by atomic mass is 10.1. The highest BCUT2D eigenvalue weighted by molar-refractivity contribution is 6.34. The summed E-state index contributed by atoms with van der Waals surface area (Å²) in [6.45, 7) is 5.86. The van der Waals surface area contributed by atoms with Crippen LogP contribution in [0.4, 0.5) is 4.39 Å². The molecule has 23 heavy (non-hydrogen) atoms. The van der Waals surface area contributed by atoms with Gasteiger partial charge in [-0.2, -0.15) is 0 Å². The van der Waals surface area contributed by atoms with Crippen LogP contribution in [0.2, 0.25) is 5.15 Å². The average molecular weight is 338 g/mol. The van der Waals surface area contributed by atoms with Crippen LogP contribution in [0.5, 0.6) is 0 Å². The molecule has 2 aromatic heterocycles. The number of ether oxygens (including phenoxy) is 2. The van der Waals surface area contributed by atoms with Crippen molar-refractivity contribution in [2.24, 2.45) is 0 Å². The van der Waals surface area contributed by atoms with Crippen molar-refractivity contribution in [2.45, 2.75) is 51.2 Å². The number of hydrogen-bond acceptors (Lipinski definition) is 4. The van der Waals surface area contributed by atoms with E-state index in [0.717, 1.165) is 12.0 Å². The first-order valence-electron chi connectivity index (χ1n) is 7.64. The number of rotatable bonds is 2. The van der Waals surface area contributed by atoms with Gasteiger partial charge in [0, 0.05) is 6.20 Å². The van der Waals surface area contributed by atoms with Crippen LogP contribution < -0.4 is 0 Å². The van der Waals surface area contributed by atoms with E-state index in [9.17, 15) is 4.39 Å². The first-order valence-corrected chi connectivity index (χ1v) is 8.02. The van der Waals surface area contributed by atoms with Crippen LogP contribution in [0.15, 0.2) is 24.2 Å². The Labute approximate surface area is 138 Å². The van der Waals surface area contributed by atoms with E-state index in [1.807, 2.05) is 13.8 Å². The highest BCUT2D eigenvalue weighted by Crippen LogP contribution is 2.45. The Morgan fingerprint density at radius 3 is 2.87 bits per heavy atom. The van der Waals surface area contributed by atoms with Gasteiger partial charge >= 0.3 is 0 Å². The average Bonchev–Trinajstić information content (AvgIpc) is 3.08. The fourth-order valence-electron chi connectivity index (χ4n) is 3.52. The highest BCUT2D eigenvalue weighted by Gasteiger charge is 2.50. The first-order chi connectivity index (χ1) is 10.9. The van der Waals surface area contributed by atoms with Crippen LogP contribution in [-0.4, -0.2) is 32.5 Å². The lowest BCUT2D eigenvalue weighted by Gasteiger charge is -2.22. The number of hydrogen-bond donors (Lipinski definition) is 0. The molecule has 7 heteroatoms. The minimum absolute atomic E-state index is 0.113. The van der Waals surface area contributed by atoms with Crippen LogP contribution in [0.1, 0.15) is 33.2 Å². The van der Waals surface area contributed by atoms with E-state index in [1.54, 1.807) is 4.57 Å². The monoisotopic (exact) mass is 337 g/mol. The number of halogens is 2. The van der Waals surface area contributed by atoms with Crippen molar-refractivity contribution in [3.05, 3.63) is 35.1 Å². The second-order valence-electron chi connectivity index (χ2n) is 6.35. The van der Waals surface area contributed by atoms with E-state index in [4.69, 9.17) is 21.1 Å². The van der Waals surface area contributed by atoms with Gasteiger partial charge in [-0.1, -0.05) is 24.6 Å². The summed E-state index contributed by atoms with van der Waals surface area (Å²) in [7, 11) is 0. The minimum Gasteiger partial charge on any atom is -0.342 e. The molecule has 1 fully saturated rings. The Bertz CT molecular complexity index is 817. The minimum atomic E-state index is -0.656. The first kappa shape index (κ1) is 15.1. The summed E-state index contributed by atoms with van der Waals surface area (Å²) in [6.07, 6.45) is 5.37. The molecule has 0 aromatic carbocycles. The molecule has 122 valence electrons. The number of nitrogens with zero attached hydrogens (tertiary/aromatic N) is 3. The van der Waals surface area contributed by atoms with Crippen LogP contribution in [0.3, 0.4) is 0 Å². The molecule has 2 aliphatic rings. The third-order valence-electron chi connectivity index (χ3n) is 4.46. The van der Waals surface area contributed by atoms with E-state index < -0.39 is 11.6 Å². The molecule has 0 spiro atoms. The van der Waals surface area contributed by atoms with Crippen LogP contribution >= 0.6 is 11.6 Å². The van der Waals surface area contributed by atoms with Crippen molar-refractivity contribution in [3.8, 4) is 0 Å². The predicted molar refractivity (Wildman–Crippen MR) is 83.7 cm³/mol. The summed E-state index contributed by atoms with van der Waals surface area (Å²) in [4.78, 5) is 8.07. The molecule has 0 N–H and O–H groups in total. The molecule has 3 atom stereocenters. The van der Waals surface area contributed by atoms with Crippen molar-refractivity contribution in [2.75, 3.05) is 0 Å². The number of aromatic nitrogens is 3. The lowest BCUT2D eigenvalue weighted by Crippen LogP contribution is -2.27. The van der Waals surface area contributed by atoms with Gasteiger partial charge in [-0.3, -0.25) is 0 Å². The fourth-order valence-corrected chi connectivity index (χ4v) is 3.74. The summed E-state index contributed by atoms with van der Waals surface area (Å²) in [5.74, 6) is -1.09. The molecule has 1 aliphatic heterocycles. The zero-order chi connectivity index (χ0) is 16.4. The SMILES string of the molecule is CCC1=C[C@@H](n2cc(F)c3c(Cl)ncnc32)[C@@H]2OC(C)(C)O[C@H]12. The highest BCUT2D eigenvalue weighted by atomic mass is 35.5. The zero-order valence-corrected chi connectivity index (χ0v) is 13.8. The molecule has 2 aromatic rings. The molecule has 0 saturated carbocycles. The van der Waals surface area contributed by atoms with Gasteiger partial charge < -0.3 is 14.0 Å². The van der Waals surface area contributed by atoms with Gasteiger partial charge in [-0.15, -0.1) is 0 Å². The van der Waals surface area contributed by atoms with E-state index in [2.05, 4.69) is 23.0 Å². The Balaban J connectivity index is 1.85. The molecule has 0 bridgehead atoms. The lowest BCUT2D eigenvalue weighted by molar-refractivity contribution is -0.147.